The average Bonchev–Trinajstić information content (AvgIpc) is 3.31. The van der Waals surface area contributed by atoms with Gasteiger partial charge in [0.1, 0.15) is 0 Å². The first-order valence-corrected chi connectivity index (χ1v) is 12.6. The van der Waals surface area contributed by atoms with E-state index in [1.54, 1.807) is 0 Å². The van der Waals surface area contributed by atoms with E-state index in [4.69, 9.17) is 4.74 Å². The number of nitrogens with zero attached hydrogens (tertiary/aromatic N) is 2. The second-order valence-electron chi connectivity index (χ2n) is 8.20. The molecule has 35 heavy (non-hydrogen) atoms. The first-order valence-electron chi connectivity index (χ1n) is 11.6. The van der Waals surface area contributed by atoms with Gasteiger partial charge >= 0.3 is 5.97 Å². The maximum Gasteiger partial charge on any atom is 0.374 e. The van der Waals surface area contributed by atoms with Crippen LogP contribution >= 0.6 is 11.8 Å². The van der Waals surface area contributed by atoms with Crippen molar-refractivity contribution in [3.8, 4) is 0 Å². The molecule has 0 radical (unpaired) electrons. The number of ether oxygens (including phenoxy) is 1. The highest BCUT2D eigenvalue weighted by molar-refractivity contribution is 8.00. The van der Waals surface area contributed by atoms with Crippen LogP contribution in [0.2, 0.25) is 0 Å². The minimum Gasteiger partial charge on any atom is -0.463 e. The lowest BCUT2D eigenvalue weighted by Crippen LogP contribution is -2.27. The van der Waals surface area contributed by atoms with Crippen molar-refractivity contribution in [3.63, 3.8) is 0 Å². The molecule has 0 aliphatic heterocycles. The van der Waals surface area contributed by atoms with Crippen LogP contribution in [0, 0.1) is 0 Å². The van der Waals surface area contributed by atoms with Gasteiger partial charge in [-0.25, -0.2) is 9.78 Å². The summed E-state index contributed by atoms with van der Waals surface area (Å²) in [6.45, 7) is 0.615. The summed E-state index contributed by atoms with van der Waals surface area (Å²) in [4.78, 5) is 17.1. The van der Waals surface area contributed by atoms with Gasteiger partial charge in [-0.3, -0.25) is 0 Å². The number of thioether (sulfide) groups is 1. The highest BCUT2D eigenvalue weighted by Crippen LogP contribution is 2.48. The van der Waals surface area contributed by atoms with E-state index < -0.39 is 10.7 Å². The summed E-state index contributed by atoms with van der Waals surface area (Å²) in [6.07, 6.45) is 0. The Hall–Kier alpha value is -3.83. The van der Waals surface area contributed by atoms with Crippen LogP contribution in [0.1, 0.15) is 27.3 Å². The predicted octanol–water partition coefficient (Wildman–Crippen LogP) is 6.55. The smallest absolute Gasteiger partial charge is 0.374 e. The molecule has 174 valence electrons. The molecule has 0 bridgehead atoms. The van der Waals surface area contributed by atoms with Gasteiger partial charge in [-0.2, -0.15) is 0 Å². The number of aryl methyl sites for hydroxylation is 1. The molecular formula is C30H26N2O2S. The summed E-state index contributed by atoms with van der Waals surface area (Å²) in [5.41, 5.74) is 5.36. The Labute approximate surface area is 209 Å². The van der Waals surface area contributed by atoms with Gasteiger partial charge in [-0.1, -0.05) is 103 Å². The van der Waals surface area contributed by atoms with E-state index in [0.717, 1.165) is 16.8 Å². The van der Waals surface area contributed by atoms with E-state index in [0.29, 0.717) is 12.4 Å². The summed E-state index contributed by atoms with van der Waals surface area (Å²) in [6, 6.07) is 39.7. The first kappa shape index (κ1) is 22.9. The van der Waals surface area contributed by atoms with E-state index in [9.17, 15) is 4.79 Å². The Bertz CT molecular complexity index is 1320. The maximum absolute atomic E-state index is 12.5. The van der Waals surface area contributed by atoms with Crippen molar-refractivity contribution in [2.75, 3.05) is 12.9 Å². The maximum atomic E-state index is 12.5. The second-order valence-corrected chi connectivity index (χ2v) is 9.50. The molecule has 0 atom stereocenters. The molecule has 0 aliphatic carbocycles. The van der Waals surface area contributed by atoms with Crippen molar-refractivity contribution in [1.29, 1.82) is 0 Å². The van der Waals surface area contributed by atoms with Crippen molar-refractivity contribution >= 4 is 28.8 Å². The molecule has 0 amide bonds. The van der Waals surface area contributed by atoms with Gasteiger partial charge in [0.15, 0.2) is 0 Å². The summed E-state index contributed by atoms with van der Waals surface area (Å²) in [5.74, 6) is 0.661. The Balaban J connectivity index is 1.58. The number of methoxy groups -OCH3 is 1. The minimum atomic E-state index is -0.424. The summed E-state index contributed by atoms with van der Waals surface area (Å²) < 4.78 is 6.59. The van der Waals surface area contributed by atoms with Gasteiger partial charge in [0.05, 0.1) is 22.9 Å². The zero-order chi connectivity index (χ0) is 24.1. The first-order chi connectivity index (χ1) is 17.2. The van der Waals surface area contributed by atoms with Crippen LogP contribution in [0.15, 0.2) is 115 Å². The number of imidazole rings is 1. The molecule has 0 unspecified atom stereocenters. The Morgan fingerprint density at radius 3 is 1.77 bits per heavy atom. The number of fused-ring (bicyclic) bond motifs is 1. The molecule has 1 heterocycles. The van der Waals surface area contributed by atoms with Gasteiger partial charge in [0.25, 0.3) is 0 Å². The zero-order valence-corrected chi connectivity index (χ0v) is 20.3. The number of hydrogen-bond donors (Lipinski definition) is 0. The second kappa shape index (κ2) is 10.2. The Morgan fingerprint density at radius 1 is 0.771 bits per heavy atom. The number of carbonyl (C=O) groups excluding carboxylic acids is 1. The SMILES string of the molecule is COC(=O)c1nc2ccccc2n1CCSC(c1ccccc1)(c1ccccc1)c1ccccc1. The topological polar surface area (TPSA) is 44.1 Å². The molecule has 0 aliphatic rings. The number of aromatic nitrogens is 2. The molecule has 5 rings (SSSR count). The van der Waals surface area contributed by atoms with Crippen LogP contribution < -0.4 is 0 Å². The zero-order valence-electron chi connectivity index (χ0n) is 19.5. The van der Waals surface area contributed by atoms with Crippen LogP contribution in [-0.2, 0) is 16.0 Å². The normalized spacial score (nSPS) is 11.5. The predicted molar refractivity (Wildman–Crippen MR) is 143 cm³/mol. The molecule has 1 aromatic heterocycles. The number of hydrogen-bond acceptors (Lipinski definition) is 4. The quantitative estimate of drug-likeness (QED) is 0.187. The minimum absolute atomic E-state index is 0.332. The van der Waals surface area contributed by atoms with Crippen LogP contribution in [0.5, 0.6) is 0 Å². The third-order valence-corrected chi connectivity index (χ3v) is 7.72. The van der Waals surface area contributed by atoms with Gasteiger partial charge in [0.2, 0.25) is 5.82 Å². The molecule has 4 aromatic carbocycles. The van der Waals surface area contributed by atoms with Gasteiger partial charge < -0.3 is 9.30 Å². The molecule has 0 fully saturated rings. The van der Waals surface area contributed by atoms with Gasteiger partial charge in [-0.05, 0) is 28.8 Å². The largest absolute Gasteiger partial charge is 0.463 e. The summed E-state index contributed by atoms with van der Waals surface area (Å²) >= 11 is 1.86. The summed E-state index contributed by atoms with van der Waals surface area (Å²) in [7, 11) is 1.39. The van der Waals surface area contributed by atoms with Gasteiger partial charge in [0, 0.05) is 12.3 Å². The standard InChI is InChI=1S/C30H26N2O2S/c1-34-29(33)28-31-26-19-11-12-20-27(26)32(28)21-22-35-30(23-13-5-2-6-14-23,24-15-7-3-8-16-24)25-17-9-4-10-18-25/h2-20H,21-22H2,1H3. The lowest BCUT2D eigenvalue weighted by Gasteiger charge is -2.35. The van der Waals surface area contributed by atoms with Gasteiger partial charge in [-0.15, -0.1) is 11.8 Å². The fourth-order valence-electron chi connectivity index (χ4n) is 4.61. The monoisotopic (exact) mass is 478 g/mol. The highest BCUT2D eigenvalue weighted by atomic mass is 32.2. The molecular weight excluding hydrogens is 452 g/mol. The van der Waals surface area contributed by atoms with E-state index in [1.165, 1.54) is 23.8 Å². The van der Waals surface area contributed by atoms with Crippen LogP contribution in [0.4, 0.5) is 0 Å². The molecule has 0 N–H and O–H groups in total. The van der Waals surface area contributed by atoms with E-state index >= 15 is 0 Å². The van der Waals surface area contributed by atoms with Crippen LogP contribution in [0.25, 0.3) is 11.0 Å². The molecule has 0 saturated carbocycles. The third-order valence-electron chi connectivity index (χ3n) is 6.20. The fourth-order valence-corrected chi connectivity index (χ4v) is 6.10. The van der Waals surface area contributed by atoms with Crippen molar-refractivity contribution in [2.45, 2.75) is 11.3 Å². The molecule has 0 saturated heterocycles. The Morgan fingerprint density at radius 2 is 1.26 bits per heavy atom. The third kappa shape index (κ3) is 4.35. The summed E-state index contributed by atoms with van der Waals surface area (Å²) in [5, 5.41) is 0. The highest BCUT2D eigenvalue weighted by Gasteiger charge is 2.36. The number of benzene rings is 4. The Kier molecular flexibility index (Phi) is 6.68. The van der Waals surface area contributed by atoms with Crippen molar-refractivity contribution in [1.82, 2.24) is 9.55 Å². The van der Waals surface area contributed by atoms with Crippen molar-refractivity contribution < 1.29 is 9.53 Å². The van der Waals surface area contributed by atoms with Crippen molar-refractivity contribution in [3.05, 3.63) is 138 Å². The number of para-hydroxylation sites is 2. The van der Waals surface area contributed by atoms with E-state index in [-0.39, 0.29) is 0 Å². The fraction of sp³-hybridized carbons (Fsp3) is 0.133. The van der Waals surface area contributed by atoms with E-state index in [1.807, 2.05) is 40.6 Å². The molecule has 5 aromatic rings. The average molecular weight is 479 g/mol. The number of esters is 1. The molecule has 0 spiro atoms. The van der Waals surface area contributed by atoms with Crippen LogP contribution in [-0.4, -0.2) is 28.4 Å². The van der Waals surface area contributed by atoms with E-state index in [2.05, 4.69) is 96.0 Å². The number of carbonyl (C=O) groups is 1. The lowest BCUT2D eigenvalue weighted by molar-refractivity contribution is 0.0582. The molecule has 4 nitrogen and oxygen atoms in total. The number of rotatable bonds is 8. The van der Waals surface area contributed by atoms with Crippen LogP contribution in [0.3, 0.4) is 0 Å². The molecule has 5 heteroatoms. The lowest BCUT2D eigenvalue weighted by atomic mass is 9.84. The van der Waals surface area contributed by atoms with Crippen molar-refractivity contribution in [2.24, 2.45) is 0 Å².